The minimum Gasteiger partial charge on any atom is -0.347 e. The average molecular weight is 201 g/mol. The van der Waals surface area contributed by atoms with Crippen molar-refractivity contribution in [1.82, 2.24) is 9.80 Å². The summed E-state index contributed by atoms with van der Waals surface area (Å²) >= 11 is 0. The summed E-state index contributed by atoms with van der Waals surface area (Å²) in [6.07, 6.45) is 0.300. The first-order valence-electron chi connectivity index (χ1n) is 4.70. The number of rotatable bonds is 5. The number of hydrogen-bond donors (Lipinski definition) is 1. The van der Waals surface area contributed by atoms with Crippen LogP contribution in [0.1, 0.15) is 13.3 Å². The third-order valence-corrected chi connectivity index (χ3v) is 1.92. The summed E-state index contributed by atoms with van der Waals surface area (Å²) in [6, 6.07) is 0. The fraction of sp³-hybridized carbons (Fsp3) is 0.778. The van der Waals surface area contributed by atoms with Gasteiger partial charge in [0.15, 0.2) is 0 Å². The lowest BCUT2D eigenvalue weighted by molar-refractivity contribution is -0.138. The molecular formula is C9H19N3O2. The Labute approximate surface area is 84.8 Å². The summed E-state index contributed by atoms with van der Waals surface area (Å²) in [5, 5.41) is 0. The van der Waals surface area contributed by atoms with Gasteiger partial charge in [0.2, 0.25) is 11.8 Å². The standard InChI is InChI=1S/C9H19N3O2/c1-4-12(8(13)5-6-10)7-9(14)11(2)3/h4-7,10H2,1-3H3. The van der Waals surface area contributed by atoms with E-state index in [1.807, 2.05) is 6.92 Å². The molecule has 0 radical (unpaired) electrons. The van der Waals surface area contributed by atoms with E-state index in [0.717, 1.165) is 0 Å². The van der Waals surface area contributed by atoms with Crippen molar-refractivity contribution >= 4 is 11.8 Å². The van der Waals surface area contributed by atoms with Crippen molar-refractivity contribution in [1.29, 1.82) is 0 Å². The van der Waals surface area contributed by atoms with Crippen LogP contribution in [0.25, 0.3) is 0 Å². The zero-order valence-corrected chi connectivity index (χ0v) is 9.12. The molecule has 0 saturated carbocycles. The Morgan fingerprint density at radius 1 is 1.21 bits per heavy atom. The molecule has 2 N–H and O–H groups in total. The van der Waals surface area contributed by atoms with E-state index >= 15 is 0 Å². The summed E-state index contributed by atoms with van der Waals surface area (Å²) in [4.78, 5) is 25.7. The van der Waals surface area contributed by atoms with Crippen LogP contribution in [0.3, 0.4) is 0 Å². The maximum absolute atomic E-state index is 11.4. The number of nitrogens with two attached hydrogens (primary N) is 1. The number of hydrogen-bond acceptors (Lipinski definition) is 3. The Morgan fingerprint density at radius 3 is 2.14 bits per heavy atom. The normalized spacial score (nSPS) is 9.71. The monoisotopic (exact) mass is 201 g/mol. The van der Waals surface area contributed by atoms with Crippen LogP contribution in [0.15, 0.2) is 0 Å². The van der Waals surface area contributed by atoms with Crippen molar-refractivity contribution in [2.75, 3.05) is 33.7 Å². The van der Waals surface area contributed by atoms with E-state index < -0.39 is 0 Å². The lowest BCUT2D eigenvalue weighted by atomic mass is 10.3. The van der Waals surface area contributed by atoms with Crippen LogP contribution >= 0.6 is 0 Å². The Morgan fingerprint density at radius 2 is 1.79 bits per heavy atom. The number of carbonyl (C=O) groups is 2. The second-order valence-electron chi connectivity index (χ2n) is 3.23. The van der Waals surface area contributed by atoms with Gasteiger partial charge in [0, 0.05) is 33.6 Å². The van der Waals surface area contributed by atoms with Crippen LogP contribution in [0, 0.1) is 0 Å². The lowest BCUT2D eigenvalue weighted by Gasteiger charge is -2.21. The van der Waals surface area contributed by atoms with Gasteiger partial charge in [-0.1, -0.05) is 0 Å². The molecule has 0 saturated heterocycles. The SMILES string of the molecule is CCN(CC(=O)N(C)C)C(=O)CCN. The summed E-state index contributed by atoms with van der Waals surface area (Å²) in [5.41, 5.74) is 5.27. The zero-order chi connectivity index (χ0) is 11.1. The van der Waals surface area contributed by atoms with Crippen molar-refractivity contribution in [3.8, 4) is 0 Å². The van der Waals surface area contributed by atoms with E-state index in [4.69, 9.17) is 5.73 Å². The van der Waals surface area contributed by atoms with E-state index in [1.165, 1.54) is 9.80 Å². The highest BCUT2D eigenvalue weighted by Gasteiger charge is 2.15. The van der Waals surface area contributed by atoms with Crippen molar-refractivity contribution in [3.05, 3.63) is 0 Å². The Kier molecular flexibility index (Phi) is 5.87. The van der Waals surface area contributed by atoms with Gasteiger partial charge in [0.05, 0.1) is 6.54 Å². The van der Waals surface area contributed by atoms with Gasteiger partial charge in [-0.3, -0.25) is 9.59 Å². The predicted octanol–water partition coefficient (Wildman–Crippen LogP) is -0.728. The molecule has 0 aliphatic rings. The van der Waals surface area contributed by atoms with Crippen molar-refractivity contribution in [2.45, 2.75) is 13.3 Å². The molecule has 0 aliphatic carbocycles. The molecular weight excluding hydrogens is 182 g/mol. The summed E-state index contributed by atoms with van der Waals surface area (Å²) in [6.45, 7) is 2.85. The summed E-state index contributed by atoms with van der Waals surface area (Å²) in [5.74, 6) is -0.137. The number of likely N-dealkylation sites (N-methyl/N-ethyl adjacent to an activating group) is 2. The average Bonchev–Trinajstić information content (AvgIpc) is 2.13. The van der Waals surface area contributed by atoms with E-state index in [1.54, 1.807) is 14.1 Å². The van der Waals surface area contributed by atoms with Crippen LogP contribution in [0.4, 0.5) is 0 Å². The van der Waals surface area contributed by atoms with Gasteiger partial charge in [0.25, 0.3) is 0 Å². The van der Waals surface area contributed by atoms with Crippen LogP contribution in [0.5, 0.6) is 0 Å². The van der Waals surface area contributed by atoms with Crippen LogP contribution < -0.4 is 5.73 Å². The lowest BCUT2D eigenvalue weighted by Crippen LogP contribution is -2.40. The minimum atomic E-state index is -0.0720. The quantitative estimate of drug-likeness (QED) is 0.638. The second-order valence-corrected chi connectivity index (χ2v) is 3.23. The van der Waals surface area contributed by atoms with Crippen LogP contribution in [0.2, 0.25) is 0 Å². The fourth-order valence-corrected chi connectivity index (χ4v) is 0.963. The molecule has 0 heterocycles. The molecule has 0 atom stereocenters. The Hall–Kier alpha value is -1.10. The first kappa shape index (κ1) is 12.9. The van der Waals surface area contributed by atoms with Gasteiger partial charge in [-0.15, -0.1) is 0 Å². The maximum atomic E-state index is 11.4. The molecule has 0 aromatic carbocycles. The molecule has 0 aromatic rings. The topological polar surface area (TPSA) is 66.6 Å². The first-order valence-corrected chi connectivity index (χ1v) is 4.70. The van der Waals surface area contributed by atoms with Gasteiger partial charge in [-0.25, -0.2) is 0 Å². The largest absolute Gasteiger partial charge is 0.347 e. The van der Waals surface area contributed by atoms with E-state index in [9.17, 15) is 9.59 Å². The molecule has 0 spiro atoms. The Balaban J connectivity index is 4.15. The van der Waals surface area contributed by atoms with E-state index in [2.05, 4.69) is 0 Å². The predicted molar refractivity (Wildman–Crippen MR) is 54.6 cm³/mol. The number of nitrogens with zero attached hydrogens (tertiary/aromatic N) is 2. The summed E-state index contributed by atoms with van der Waals surface area (Å²) < 4.78 is 0. The fourth-order valence-electron chi connectivity index (χ4n) is 0.963. The van der Waals surface area contributed by atoms with Gasteiger partial charge in [0.1, 0.15) is 0 Å². The molecule has 5 nitrogen and oxygen atoms in total. The second kappa shape index (κ2) is 6.37. The maximum Gasteiger partial charge on any atom is 0.241 e. The molecule has 82 valence electrons. The van der Waals surface area contributed by atoms with Crippen LogP contribution in [-0.4, -0.2) is 55.3 Å². The molecule has 0 rings (SSSR count). The molecule has 0 unspecified atom stereocenters. The molecule has 0 bridgehead atoms. The molecule has 14 heavy (non-hydrogen) atoms. The third kappa shape index (κ3) is 4.23. The van der Waals surface area contributed by atoms with Gasteiger partial charge < -0.3 is 15.5 Å². The molecule has 0 aliphatic heterocycles. The molecule has 0 aromatic heterocycles. The van der Waals surface area contributed by atoms with Crippen molar-refractivity contribution in [3.63, 3.8) is 0 Å². The van der Waals surface area contributed by atoms with Crippen LogP contribution in [-0.2, 0) is 9.59 Å². The molecule has 0 fully saturated rings. The van der Waals surface area contributed by atoms with E-state index in [-0.39, 0.29) is 18.4 Å². The smallest absolute Gasteiger partial charge is 0.241 e. The van der Waals surface area contributed by atoms with Gasteiger partial charge in [-0.05, 0) is 6.92 Å². The highest BCUT2D eigenvalue weighted by Crippen LogP contribution is 1.94. The first-order chi connectivity index (χ1) is 6.52. The Bertz CT molecular complexity index is 204. The highest BCUT2D eigenvalue weighted by molar-refractivity contribution is 5.84. The van der Waals surface area contributed by atoms with Crippen molar-refractivity contribution < 1.29 is 9.59 Å². The number of amides is 2. The van der Waals surface area contributed by atoms with E-state index in [0.29, 0.717) is 19.5 Å². The van der Waals surface area contributed by atoms with Crippen molar-refractivity contribution in [2.24, 2.45) is 5.73 Å². The third-order valence-electron chi connectivity index (χ3n) is 1.92. The highest BCUT2D eigenvalue weighted by atomic mass is 16.2. The van der Waals surface area contributed by atoms with Gasteiger partial charge >= 0.3 is 0 Å². The summed E-state index contributed by atoms with van der Waals surface area (Å²) in [7, 11) is 3.34. The van der Waals surface area contributed by atoms with Gasteiger partial charge in [-0.2, -0.15) is 0 Å². The molecule has 5 heteroatoms. The molecule has 2 amide bonds. The zero-order valence-electron chi connectivity index (χ0n) is 9.12. The minimum absolute atomic E-state index is 0.0646. The number of carbonyl (C=O) groups excluding carboxylic acids is 2.